The fraction of sp³-hybridized carbons (Fsp3) is 0.632. The predicted octanol–water partition coefficient (Wildman–Crippen LogP) is -0.632. The third kappa shape index (κ3) is 17.9. The summed E-state index contributed by atoms with van der Waals surface area (Å²) < 4.78 is 11.1. The number of ether oxygens (including phenoxy) is 2. The summed E-state index contributed by atoms with van der Waals surface area (Å²) in [6.45, 7) is 7.59. The van der Waals surface area contributed by atoms with E-state index in [0.29, 0.717) is 12.7 Å². The number of nitrogens with two attached hydrogens (primary N) is 1. The van der Waals surface area contributed by atoms with Gasteiger partial charge in [-0.2, -0.15) is 0 Å². The van der Waals surface area contributed by atoms with E-state index in [0.717, 1.165) is 0 Å². The van der Waals surface area contributed by atoms with Gasteiger partial charge in [0.05, 0.1) is 12.7 Å². The molecule has 0 radical (unpaired) electrons. The number of nitrogens with one attached hydrogen (secondary N) is 1. The van der Waals surface area contributed by atoms with Crippen LogP contribution in [0.25, 0.3) is 0 Å². The summed E-state index contributed by atoms with van der Waals surface area (Å²) in [5, 5.41) is 25.1. The van der Waals surface area contributed by atoms with E-state index in [-0.39, 0.29) is 18.6 Å². The lowest BCUT2D eigenvalue weighted by atomic mass is 10.1. The number of hydrogen-bond donors (Lipinski definition) is 5. The van der Waals surface area contributed by atoms with Gasteiger partial charge in [0.2, 0.25) is 0 Å². The lowest BCUT2D eigenvalue weighted by Crippen LogP contribution is -2.33. The van der Waals surface area contributed by atoms with Crippen LogP contribution in [-0.4, -0.2) is 70.9 Å². The first kappa shape index (κ1) is 32.5. The summed E-state index contributed by atoms with van der Waals surface area (Å²) in [6.07, 6.45) is 3.30. The van der Waals surface area contributed by atoms with E-state index in [1.165, 1.54) is 43.8 Å². The topological polar surface area (TPSA) is 177 Å². The van der Waals surface area contributed by atoms with Crippen LogP contribution in [0.4, 0.5) is 0 Å². The molecule has 0 amide bonds. The summed E-state index contributed by atoms with van der Waals surface area (Å²) in [5.74, 6) is -1.37. The van der Waals surface area contributed by atoms with Crippen molar-refractivity contribution in [3.8, 4) is 0 Å². The Hall–Kier alpha value is -2.15. The first-order valence-corrected chi connectivity index (χ1v) is 9.01. The number of aliphatic hydroxyl groups excluding tert-OH is 1. The molecule has 0 bridgehead atoms. The number of aromatic amines is 1. The zero-order valence-electron chi connectivity index (χ0n) is 18.6. The zero-order chi connectivity index (χ0) is 24.3. The lowest BCUT2D eigenvalue weighted by Gasteiger charge is -2.17. The minimum absolute atomic E-state index is 0.0566. The standard InChI is InChI=1S/C10H14N2O4.C3H8O2.C3H4O.C2H6O.CH5N/c1-6-4-7(5-13)16-9(6)12-3-2-8(14)11-10(12)15;1-3(2,4)5;1-2-3-4;1-3-2;1-2/h2-3,6-7,9,13H,4-5H2,1H3,(H,11,14,15);4-5H,1-2H3;2-3H,1H2;1-2H3;2H2,1H3. The minimum atomic E-state index is -1.50. The maximum absolute atomic E-state index is 11.5. The number of hydrogen-bond acceptors (Lipinski definition) is 9. The third-order valence-electron chi connectivity index (χ3n) is 2.88. The number of aliphatic hydroxyl groups is 3. The van der Waals surface area contributed by atoms with E-state index in [4.69, 9.17) is 24.9 Å². The number of H-pyrrole nitrogens is 1. The van der Waals surface area contributed by atoms with Crippen molar-refractivity contribution in [2.45, 2.75) is 45.3 Å². The van der Waals surface area contributed by atoms with Gasteiger partial charge in [-0.1, -0.05) is 13.5 Å². The molecule has 1 aliphatic heterocycles. The Balaban J connectivity index is -0.000000432. The fourth-order valence-electron chi connectivity index (χ4n) is 2.00. The highest BCUT2D eigenvalue weighted by atomic mass is 16.5. The van der Waals surface area contributed by atoms with Crippen LogP contribution in [0.3, 0.4) is 0 Å². The second-order valence-electron chi connectivity index (χ2n) is 6.34. The minimum Gasteiger partial charge on any atom is -0.394 e. The van der Waals surface area contributed by atoms with Crippen molar-refractivity contribution in [1.29, 1.82) is 0 Å². The molecular weight excluding hydrogens is 398 g/mol. The van der Waals surface area contributed by atoms with E-state index in [2.05, 4.69) is 22.0 Å². The molecule has 0 saturated carbocycles. The number of rotatable bonds is 3. The quantitative estimate of drug-likeness (QED) is 0.235. The van der Waals surface area contributed by atoms with Crippen molar-refractivity contribution < 1.29 is 29.6 Å². The molecule has 6 N–H and O–H groups in total. The molecule has 30 heavy (non-hydrogen) atoms. The SMILES string of the molecule is C=CC=O.CC(C)(O)O.CC1CC(CO)OC1n1ccc(=O)[nH]c1=O.CN.COC. The number of aldehydes is 1. The average Bonchev–Trinajstić information content (AvgIpc) is 3.04. The van der Waals surface area contributed by atoms with Crippen molar-refractivity contribution in [2.24, 2.45) is 11.7 Å². The van der Waals surface area contributed by atoms with Crippen LogP contribution < -0.4 is 17.0 Å². The van der Waals surface area contributed by atoms with Gasteiger partial charge < -0.3 is 30.5 Å². The van der Waals surface area contributed by atoms with Crippen molar-refractivity contribution >= 4 is 6.29 Å². The van der Waals surface area contributed by atoms with E-state index in [1.807, 2.05) is 6.92 Å². The lowest BCUT2D eigenvalue weighted by molar-refractivity contribution is -0.127. The molecule has 11 heteroatoms. The maximum Gasteiger partial charge on any atom is 0.330 e. The summed E-state index contributed by atoms with van der Waals surface area (Å²) in [5.41, 5.74) is 3.59. The van der Waals surface area contributed by atoms with Gasteiger partial charge in [0.25, 0.3) is 5.56 Å². The maximum atomic E-state index is 11.5. The van der Waals surface area contributed by atoms with Crippen molar-refractivity contribution in [1.82, 2.24) is 9.55 Å². The smallest absolute Gasteiger partial charge is 0.330 e. The molecule has 3 unspecified atom stereocenters. The van der Waals surface area contributed by atoms with Crippen molar-refractivity contribution in [3.05, 3.63) is 45.8 Å². The molecule has 0 aromatic carbocycles. The van der Waals surface area contributed by atoms with E-state index in [9.17, 15) is 9.59 Å². The Morgan fingerprint density at radius 2 is 1.80 bits per heavy atom. The van der Waals surface area contributed by atoms with Gasteiger partial charge >= 0.3 is 5.69 Å². The fourth-order valence-corrected chi connectivity index (χ4v) is 2.00. The Kier molecular flexibility index (Phi) is 20.4. The molecule has 2 heterocycles. The third-order valence-corrected chi connectivity index (χ3v) is 2.88. The molecule has 0 spiro atoms. The van der Waals surface area contributed by atoms with Gasteiger partial charge in [0.15, 0.2) is 5.79 Å². The number of aromatic nitrogens is 2. The van der Waals surface area contributed by atoms with Gasteiger partial charge in [-0.25, -0.2) is 4.79 Å². The first-order chi connectivity index (χ1) is 13.9. The predicted molar refractivity (Wildman–Crippen MR) is 114 cm³/mol. The summed E-state index contributed by atoms with van der Waals surface area (Å²) >= 11 is 0. The van der Waals surface area contributed by atoms with Gasteiger partial charge in [-0.15, -0.1) is 0 Å². The molecule has 3 atom stereocenters. The van der Waals surface area contributed by atoms with Crippen LogP contribution in [0.5, 0.6) is 0 Å². The van der Waals surface area contributed by atoms with Gasteiger partial charge in [-0.3, -0.25) is 19.1 Å². The van der Waals surface area contributed by atoms with Crippen LogP contribution in [0.2, 0.25) is 0 Å². The second-order valence-corrected chi connectivity index (χ2v) is 6.34. The number of carbonyl (C=O) groups is 1. The molecule has 0 aliphatic carbocycles. The molecule has 11 nitrogen and oxygen atoms in total. The van der Waals surface area contributed by atoms with Crippen molar-refractivity contribution in [3.63, 3.8) is 0 Å². The molecule has 176 valence electrons. The van der Waals surface area contributed by atoms with Crippen LogP contribution >= 0.6 is 0 Å². The van der Waals surface area contributed by atoms with Gasteiger partial charge in [0.1, 0.15) is 12.5 Å². The number of nitrogens with zero attached hydrogens (tertiary/aromatic N) is 1. The van der Waals surface area contributed by atoms with Gasteiger partial charge in [0, 0.05) is 32.4 Å². The highest BCUT2D eigenvalue weighted by molar-refractivity contribution is 5.63. The highest BCUT2D eigenvalue weighted by Gasteiger charge is 2.33. The molecule has 1 aromatic heterocycles. The molecule has 1 saturated heterocycles. The number of methoxy groups -OCH3 is 1. The Morgan fingerprint density at radius 1 is 1.37 bits per heavy atom. The zero-order valence-corrected chi connectivity index (χ0v) is 18.6. The van der Waals surface area contributed by atoms with Crippen LogP contribution in [-0.2, 0) is 14.3 Å². The van der Waals surface area contributed by atoms with Crippen LogP contribution in [0.1, 0.15) is 33.4 Å². The Labute approximate surface area is 176 Å². The van der Waals surface area contributed by atoms with Crippen LogP contribution in [0.15, 0.2) is 34.5 Å². The monoisotopic (exact) mass is 435 g/mol. The first-order valence-electron chi connectivity index (χ1n) is 9.01. The van der Waals surface area contributed by atoms with Crippen molar-refractivity contribution in [2.75, 3.05) is 27.9 Å². The number of carbonyl (C=O) groups excluding carboxylic acids is 1. The normalized spacial score (nSPS) is 19.2. The summed E-state index contributed by atoms with van der Waals surface area (Å²) in [7, 11) is 4.75. The van der Waals surface area contributed by atoms with Gasteiger partial charge in [-0.05, 0) is 33.4 Å². The van der Waals surface area contributed by atoms with Crippen LogP contribution in [0, 0.1) is 5.92 Å². The molecule has 1 fully saturated rings. The average molecular weight is 436 g/mol. The summed E-state index contributed by atoms with van der Waals surface area (Å²) in [4.78, 5) is 33.7. The Bertz CT molecular complexity index is 655. The highest BCUT2D eigenvalue weighted by Crippen LogP contribution is 2.32. The largest absolute Gasteiger partial charge is 0.394 e. The summed E-state index contributed by atoms with van der Waals surface area (Å²) in [6, 6.07) is 1.28. The second kappa shape index (κ2) is 18.9. The molecule has 1 aliphatic rings. The van der Waals surface area contributed by atoms with E-state index in [1.54, 1.807) is 14.2 Å². The molecule has 1 aromatic rings. The molecular formula is C19H37N3O8. The van der Waals surface area contributed by atoms with E-state index < -0.39 is 23.3 Å². The van der Waals surface area contributed by atoms with E-state index >= 15 is 0 Å². The molecule has 2 rings (SSSR count). The number of allylic oxidation sites excluding steroid dienone is 1. The Morgan fingerprint density at radius 3 is 2.10 bits per heavy atom.